The lowest BCUT2D eigenvalue weighted by molar-refractivity contribution is -0.146. The number of benzene rings is 1. The summed E-state index contributed by atoms with van der Waals surface area (Å²) in [4.78, 5) is 10.0. The van der Waals surface area contributed by atoms with Gasteiger partial charge in [-0.1, -0.05) is 39.1 Å². The maximum atomic E-state index is 11.9. The van der Waals surface area contributed by atoms with Crippen LogP contribution in [-0.4, -0.2) is 37.2 Å². The van der Waals surface area contributed by atoms with Crippen LogP contribution in [0.25, 0.3) is 0 Å². The van der Waals surface area contributed by atoms with Crippen molar-refractivity contribution in [2.75, 3.05) is 6.54 Å². The average Bonchev–Trinajstić information content (AvgIpc) is 2.23. The van der Waals surface area contributed by atoms with Gasteiger partial charge >= 0.3 is 5.97 Å². The minimum atomic E-state index is -4.13. The maximum absolute atomic E-state index is 11.9. The fourth-order valence-electron chi connectivity index (χ4n) is 1.13. The van der Waals surface area contributed by atoms with Crippen LogP contribution in [0.5, 0.6) is 0 Å². The standard InChI is InChI=1S/C9H8BrCl2NO5S/c10-4-1-5(11)8(6(12)2-4)19(17,18)13-3-7(14)9(15)16/h1-2,7,13-14H,3H2,(H,15,16). The van der Waals surface area contributed by atoms with Gasteiger partial charge in [-0.25, -0.2) is 17.9 Å². The van der Waals surface area contributed by atoms with Crippen molar-refractivity contribution in [2.24, 2.45) is 0 Å². The van der Waals surface area contributed by atoms with Gasteiger partial charge in [0.1, 0.15) is 4.90 Å². The third-order valence-corrected chi connectivity index (χ3v) is 4.79. The molecule has 1 aromatic carbocycles. The predicted molar refractivity (Wildman–Crippen MR) is 73.0 cm³/mol. The van der Waals surface area contributed by atoms with Gasteiger partial charge in [0.25, 0.3) is 0 Å². The lowest BCUT2D eigenvalue weighted by atomic mass is 10.4. The largest absolute Gasteiger partial charge is 0.479 e. The van der Waals surface area contributed by atoms with Gasteiger partial charge in [-0.2, -0.15) is 0 Å². The van der Waals surface area contributed by atoms with E-state index in [0.717, 1.165) is 0 Å². The Balaban J connectivity index is 3.05. The van der Waals surface area contributed by atoms with E-state index in [4.69, 9.17) is 33.4 Å². The van der Waals surface area contributed by atoms with Crippen molar-refractivity contribution in [3.63, 3.8) is 0 Å². The molecule has 0 saturated carbocycles. The van der Waals surface area contributed by atoms with E-state index in [1.54, 1.807) is 0 Å². The number of sulfonamides is 1. The van der Waals surface area contributed by atoms with Crippen LogP contribution < -0.4 is 4.72 Å². The minimum Gasteiger partial charge on any atom is -0.479 e. The molecule has 0 aliphatic carbocycles. The highest BCUT2D eigenvalue weighted by molar-refractivity contribution is 9.10. The minimum absolute atomic E-state index is 0.128. The molecule has 0 bridgehead atoms. The fraction of sp³-hybridized carbons (Fsp3) is 0.222. The van der Waals surface area contributed by atoms with Gasteiger partial charge in [-0.05, 0) is 12.1 Å². The van der Waals surface area contributed by atoms with Gasteiger partial charge in [0, 0.05) is 11.0 Å². The van der Waals surface area contributed by atoms with E-state index in [1.807, 2.05) is 4.72 Å². The summed E-state index contributed by atoms with van der Waals surface area (Å²) in [7, 11) is -4.13. The summed E-state index contributed by atoms with van der Waals surface area (Å²) >= 11 is 14.7. The Morgan fingerprint density at radius 2 is 1.84 bits per heavy atom. The number of carboxylic acid groups (broad SMARTS) is 1. The number of hydrogen-bond donors (Lipinski definition) is 3. The number of aliphatic carboxylic acids is 1. The predicted octanol–water partition coefficient (Wildman–Crippen LogP) is 1.48. The second kappa shape index (κ2) is 6.38. The molecule has 0 amide bonds. The van der Waals surface area contributed by atoms with Crippen LogP contribution in [0.3, 0.4) is 0 Å². The van der Waals surface area contributed by atoms with E-state index < -0.39 is 28.6 Å². The Bertz CT molecular complexity index is 584. The molecule has 6 nitrogen and oxygen atoms in total. The third kappa shape index (κ3) is 4.30. The Kier molecular flexibility index (Phi) is 5.60. The van der Waals surface area contributed by atoms with Crippen molar-refractivity contribution in [3.05, 3.63) is 26.7 Å². The van der Waals surface area contributed by atoms with Crippen molar-refractivity contribution in [1.82, 2.24) is 4.72 Å². The molecule has 0 spiro atoms. The summed E-state index contributed by atoms with van der Waals surface area (Å²) in [6.45, 7) is -0.694. The number of hydrogen-bond acceptors (Lipinski definition) is 4. The maximum Gasteiger partial charge on any atom is 0.333 e. The normalized spacial score (nSPS) is 13.3. The van der Waals surface area contributed by atoms with Crippen molar-refractivity contribution in [3.8, 4) is 0 Å². The van der Waals surface area contributed by atoms with Crippen LogP contribution in [0.1, 0.15) is 0 Å². The zero-order valence-corrected chi connectivity index (χ0v) is 13.0. The molecule has 1 unspecified atom stereocenters. The molecule has 3 N–H and O–H groups in total. The average molecular weight is 393 g/mol. The van der Waals surface area contributed by atoms with E-state index in [2.05, 4.69) is 15.9 Å². The van der Waals surface area contributed by atoms with E-state index in [9.17, 15) is 13.2 Å². The van der Waals surface area contributed by atoms with Crippen molar-refractivity contribution in [2.45, 2.75) is 11.0 Å². The first-order chi connectivity index (χ1) is 8.65. The monoisotopic (exact) mass is 391 g/mol. The topological polar surface area (TPSA) is 104 Å². The second-order valence-corrected chi connectivity index (χ2v) is 6.84. The molecule has 0 aliphatic rings. The van der Waals surface area contributed by atoms with Gasteiger partial charge in [-0.3, -0.25) is 0 Å². The first-order valence-corrected chi connectivity index (χ1v) is 7.73. The van der Waals surface area contributed by atoms with Crippen LogP contribution in [0, 0.1) is 0 Å². The molecule has 0 aliphatic heterocycles. The molecule has 0 saturated heterocycles. The van der Waals surface area contributed by atoms with Gasteiger partial charge in [0.05, 0.1) is 10.0 Å². The number of aliphatic hydroxyl groups excluding tert-OH is 1. The molecular formula is C9H8BrCl2NO5S. The van der Waals surface area contributed by atoms with Crippen LogP contribution in [0.2, 0.25) is 10.0 Å². The number of carboxylic acids is 1. The van der Waals surface area contributed by atoms with Crippen molar-refractivity contribution < 1.29 is 23.4 Å². The van der Waals surface area contributed by atoms with E-state index >= 15 is 0 Å². The van der Waals surface area contributed by atoms with Gasteiger partial charge in [0.2, 0.25) is 10.0 Å². The quantitative estimate of drug-likeness (QED) is 0.704. The SMILES string of the molecule is O=C(O)C(O)CNS(=O)(=O)c1c(Cl)cc(Br)cc1Cl. The molecule has 0 fully saturated rings. The van der Waals surface area contributed by atoms with Crippen molar-refractivity contribution in [1.29, 1.82) is 0 Å². The fourth-order valence-corrected chi connectivity index (χ4v) is 4.10. The number of rotatable bonds is 5. The lowest BCUT2D eigenvalue weighted by Gasteiger charge is -2.11. The summed E-state index contributed by atoms with van der Waals surface area (Å²) in [5.74, 6) is -1.55. The molecule has 19 heavy (non-hydrogen) atoms. The van der Waals surface area contributed by atoms with Gasteiger partial charge < -0.3 is 10.2 Å². The second-order valence-electron chi connectivity index (χ2n) is 3.40. The highest BCUT2D eigenvalue weighted by atomic mass is 79.9. The summed E-state index contributed by atoms with van der Waals surface area (Å²) < 4.78 is 26.2. The third-order valence-electron chi connectivity index (χ3n) is 1.98. The molecular weight excluding hydrogens is 385 g/mol. The van der Waals surface area contributed by atoms with Gasteiger partial charge in [0.15, 0.2) is 6.10 Å². The Morgan fingerprint density at radius 1 is 1.37 bits per heavy atom. The molecule has 1 aromatic rings. The highest BCUT2D eigenvalue weighted by Crippen LogP contribution is 2.32. The number of aliphatic hydroxyl groups is 1. The lowest BCUT2D eigenvalue weighted by Crippen LogP contribution is -2.36. The van der Waals surface area contributed by atoms with Crippen LogP contribution >= 0.6 is 39.1 Å². The molecule has 10 heteroatoms. The van der Waals surface area contributed by atoms with E-state index in [0.29, 0.717) is 4.47 Å². The molecule has 0 heterocycles. The Labute approximate surface area is 127 Å². The van der Waals surface area contributed by atoms with Crippen LogP contribution in [-0.2, 0) is 14.8 Å². The summed E-state index contributed by atoms with van der Waals surface area (Å²) in [5.41, 5.74) is 0. The van der Waals surface area contributed by atoms with Crippen LogP contribution in [0.15, 0.2) is 21.5 Å². The number of halogens is 3. The number of carbonyl (C=O) groups is 1. The van der Waals surface area contributed by atoms with E-state index in [-0.39, 0.29) is 14.9 Å². The molecule has 0 radical (unpaired) electrons. The van der Waals surface area contributed by atoms with Crippen molar-refractivity contribution >= 4 is 55.1 Å². The smallest absolute Gasteiger partial charge is 0.333 e. The van der Waals surface area contributed by atoms with E-state index in [1.165, 1.54) is 12.1 Å². The zero-order chi connectivity index (χ0) is 14.8. The Morgan fingerprint density at radius 3 is 2.26 bits per heavy atom. The summed E-state index contributed by atoms with van der Waals surface area (Å²) in [6.07, 6.45) is -1.86. The summed E-state index contributed by atoms with van der Waals surface area (Å²) in [5, 5.41) is 17.2. The van der Waals surface area contributed by atoms with Crippen LogP contribution in [0.4, 0.5) is 0 Å². The molecule has 106 valence electrons. The molecule has 1 atom stereocenters. The van der Waals surface area contributed by atoms with Gasteiger partial charge in [-0.15, -0.1) is 0 Å². The zero-order valence-electron chi connectivity index (χ0n) is 9.10. The molecule has 1 rings (SSSR count). The summed E-state index contributed by atoms with van der Waals surface area (Å²) in [6, 6.07) is 2.66. The first-order valence-electron chi connectivity index (χ1n) is 4.70. The first kappa shape index (κ1) is 16.7. The number of nitrogens with one attached hydrogen (secondary N) is 1. The highest BCUT2D eigenvalue weighted by Gasteiger charge is 2.24. The Hall–Kier alpha value is -0.380. The molecule has 0 aromatic heterocycles.